The first-order valence-corrected chi connectivity index (χ1v) is 10.1. The van der Waals surface area contributed by atoms with Crippen molar-refractivity contribution in [2.75, 3.05) is 26.8 Å². The highest BCUT2D eigenvalue weighted by molar-refractivity contribution is 5.87. The van der Waals surface area contributed by atoms with Gasteiger partial charge in [-0.05, 0) is 40.7 Å². The summed E-state index contributed by atoms with van der Waals surface area (Å²) in [6.45, 7) is 7.62. The van der Waals surface area contributed by atoms with E-state index in [1.807, 2.05) is 0 Å². The van der Waals surface area contributed by atoms with Gasteiger partial charge in [-0.25, -0.2) is 9.59 Å². The Kier molecular flexibility index (Phi) is 7.15. The van der Waals surface area contributed by atoms with Gasteiger partial charge in [-0.1, -0.05) is 6.08 Å². The van der Waals surface area contributed by atoms with Crippen LogP contribution in [0, 0.1) is 5.21 Å². The van der Waals surface area contributed by atoms with Gasteiger partial charge in [-0.2, -0.15) is 0 Å². The number of hydroxylamine groups is 3. The highest BCUT2D eigenvalue weighted by Gasteiger charge is 2.56. The molecule has 0 amide bonds. The number of hydrogen-bond acceptors (Lipinski definition) is 8. The maximum absolute atomic E-state index is 13.1. The molecule has 2 aliphatic rings. The number of nitrogens with zero attached hydrogens (tertiary/aromatic N) is 1. The minimum Gasteiger partial charge on any atom is -0.632 e. The summed E-state index contributed by atoms with van der Waals surface area (Å²) in [5, 5.41) is 34.3. The van der Waals surface area contributed by atoms with Gasteiger partial charge in [0.2, 0.25) is 5.60 Å². The van der Waals surface area contributed by atoms with E-state index in [2.05, 4.69) is 0 Å². The number of esters is 2. The van der Waals surface area contributed by atoms with Gasteiger partial charge in [0.1, 0.15) is 12.2 Å². The third kappa shape index (κ3) is 4.31. The zero-order valence-corrected chi connectivity index (χ0v) is 18.5. The molecular formula is C21H33NO8. The molecule has 5 atom stereocenters. The van der Waals surface area contributed by atoms with E-state index in [9.17, 15) is 25.0 Å². The summed E-state index contributed by atoms with van der Waals surface area (Å²) in [6, 6.07) is -0.665. The highest BCUT2D eigenvalue weighted by atomic mass is 16.6. The van der Waals surface area contributed by atoms with Crippen molar-refractivity contribution in [2.45, 2.75) is 70.5 Å². The van der Waals surface area contributed by atoms with E-state index < -0.39 is 46.0 Å². The predicted octanol–water partition coefficient (Wildman–Crippen LogP) is 0.971. The van der Waals surface area contributed by atoms with E-state index in [0.717, 1.165) is 0 Å². The summed E-state index contributed by atoms with van der Waals surface area (Å²) in [4.78, 5) is 24.9. The largest absolute Gasteiger partial charge is 0.632 e. The van der Waals surface area contributed by atoms with Crippen LogP contribution in [0.3, 0.4) is 0 Å². The average Bonchev–Trinajstić information content (AvgIpc) is 3.18. The molecule has 2 N–H and O–H groups in total. The number of ether oxygens (including phenoxy) is 3. The summed E-state index contributed by atoms with van der Waals surface area (Å²) >= 11 is 0. The van der Waals surface area contributed by atoms with E-state index >= 15 is 0 Å². The summed E-state index contributed by atoms with van der Waals surface area (Å²) in [7, 11) is 1.31. The first-order chi connectivity index (χ1) is 13.8. The monoisotopic (exact) mass is 427 g/mol. The molecule has 1 fully saturated rings. The molecule has 2 rings (SSSR count). The van der Waals surface area contributed by atoms with Gasteiger partial charge in [-0.15, -0.1) is 0 Å². The van der Waals surface area contributed by atoms with Gasteiger partial charge in [-0.3, -0.25) is 0 Å². The predicted molar refractivity (Wildman–Crippen MR) is 108 cm³/mol. The maximum Gasteiger partial charge on any atom is 0.344 e. The Hall–Kier alpha value is -1.78. The number of allylic oxidation sites excluding steroid dienone is 1. The van der Waals surface area contributed by atoms with E-state index in [1.165, 1.54) is 27.9 Å². The van der Waals surface area contributed by atoms with Crippen LogP contribution in [0.25, 0.3) is 0 Å². The molecule has 9 nitrogen and oxygen atoms in total. The number of quaternary nitrogens is 1. The molecule has 1 saturated heterocycles. The summed E-state index contributed by atoms with van der Waals surface area (Å²) in [6.07, 6.45) is 2.08. The van der Waals surface area contributed by atoms with Crippen LogP contribution < -0.4 is 0 Å². The fourth-order valence-electron chi connectivity index (χ4n) is 4.04. The van der Waals surface area contributed by atoms with Crippen molar-refractivity contribution in [1.29, 1.82) is 0 Å². The highest BCUT2D eigenvalue weighted by Crippen LogP contribution is 2.38. The number of hydrogen-bond donors (Lipinski definition) is 2. The average molecular weight is 427 g/mol. The van der Waals surface area contributed by atoms with Crippen molar-refractivity contribution in [3.63, 3.8) is 0 Å². The first-order valence-electron chi connectivity index (χ1n) is 10.1. The van der Waals surface area contributed by atoms with Crippen molar-refractivity contribution in [1.82, 2.24) is 0 Å². The second-order valence-electron chi connectivity index (χ2n) is 8.57. The summed E-state index contributed by atoms with van der Waals surface area (Å²) in [5.41, 5.74) is -3.16. The topological polar surface area (TPSA) is 125 Å². The molecule has 0 aliphatic carbocycles. The van der Waals surface area contributed by atoms with Crippen molar-refractivity contribution in [3.05, 3.63) is 28.5 Å². The SMILES string of the molecule is C/C=C(/C)C(=O)O[C@H]1CC[N@@+]2([O-])CC=C(COC(=O)[C@@](O)([C@H](C)OC)C(C)(C)O)[C@H]12. The van der Waals surface area contributed by atoms with Gasteiger partial charge < -0.3 is 34.3 Å². The van der Waals surface area contributed by atoms with Gasteiger partial charge in [0.25, 0.3) is 0 Å². The van der Waals surface area contributed by atoms with Crippen molar-refractivity contribution < 1.29 is 38.7 Å². The first kappa shape index (κ1) is 24.5. The van der Waals surface area contributed by atoms with Gasteiger partial charge >= 0.3 is 11.9 Å². The fourth-order valence-corrected chi connectivity index (χ4v) is 4.04. The van der Waals surface area contributed by atoms with Crippen molar-refractivity contribution in [3.8, 4) is 0 Å². The standard InChI is InChI=1S/C21H33NO8/c1-7-13(2)18(23)30-16-9-11-22(27)10-8-15(17(16)22)12-29-19(24)21(26,14(3)28-6)20(4,5)25/h7-8,14,16-17,25-26H,9-12H2,1-6H3/b13-7-/t14-,16-,17+,21-,22-/m0/s1. The molecule has 9 heteroatoms. The zero-order valence-electron chi connectivity index (χ0n) is 18.5. The van der Waals surface area contributed by atoms with E-state index in [1.54, 1.807) is 26.0 Å². The van der Waals surface area contributed by atoms with Crippen molar-refractivity contribution >= 4 is 11.9 Å². The number of methoxy groups -OCH3 is 1. The molecule has 0 aromatic rings. The second kappa shape index (κ2) is 8.76. The van der Waals surface area contributed by atoms with Gasteiger partial charge in [0, 0.05) is 24.7 Å². The minimum atomic E-state index is -2.31. The molecule has 0 bridgehead atoms. The van der Waals surface area contributed by atoms with Gasteiger partial charge in [0.05, 0.1) is 19.2 Å². The lowest BCUT2D eigenvalue weighted by Gasteiger charge is -2.41. The molecule has 170 valence electrons. The van der Waals surface area contributed by atoms with Crippen LogP contribution >= 0.6 is 0 Å². The Labute approximate surface area is 177 Å². The Morgan fingerprint density at radius 1 is 1.40 bits per heavy atom. The lowest BCUT2D eigenvalue weighted by molar-refractivity contribution is -0.877. The smallest absolute Gasteiger partial charge is 0.344 e. The van der Waals surface area contributed by atoms with E-state index in [4.69, 9.17) is 14.2 Å². The third-order valence-corrected chi connectivity index (χ3v) is 6.26. The quantitative estimate of drug-likeness (QED) is 0.193. The minimum absolute atomic E-state index is 0.193. The van der Waals surface area contributed by atoms with Crippen LogP contribution in [-0.2, 0) is 23.8 Å². The van der Waals surface area contributed by atoms with Crippen LogP contribution in [0.15, 0.2) is 23.3 Å². The Morgan fingerprint density at radius 2 is 2.03 bits per heavy atom. The zero-order chi connectivity index (χ0) is 22.9. The van der Waals surface area contributed by atoms with Crippen LogP contribution in [0.5, 0.6) is 0 Å². The molecule has 0 aromatic carbocycles. The molecule has 0 radical (unpaired) electrons. The molecule has 0 saturated carbocycles. The van der Waals surface area contributed by atoms with Crippen LogP contribution in [-0.4, -0.2) is 83.1 Å². The molecular weight excluding hydrogens is 394 g/mol. The molecule has 2 heterocycles. The second-order valence-corrected chi connectivity index (χ2v) is 8.57. The third-order valence-electron chi connectivity index (χ3n) is 6.26. The maximum atomic E-state index is 13.1. The number of rotatable bonds is 8. The summed E-state index contributed by atoms with van der Waals surface area (Å²) in [5.74, 6) is -1.54. The molecule has 2 aliphatic heterocycles. The number of fused-ring (bicyclic) bond motifs is 1. The van der Waals surface area contributed by atoms with Crippen LogP contribution in [0.1, 0.15) is 41.0 Å². The molecule has 30 heavy (non-hydrogen) atoms. The number of carbonyl (C=O) groups is 2. The molecule has 0 aromatic heterocycles. The normalized spacial score (nSPS) is 29.6. The van der Waals surface area contributed by atoms with Gasteiger partial charge in [0.15, 0.2) is 12.1 Å². The Balaban J connectivity index is 2.14. The lowest BCUT2D eigenvalue weighted by atomic mass is 9.81. The van der Waals surface area contributed by atoms with Crippen LogP contribution in [0.4, 0.5) is 0 Å². The Morgan fingerprint density at radius 3 is 2.57 bits per heavy atom. The fraction of sp³-hybridized carbons (Fsp3) is 0.714. The number of carbonyl (C=O) groups excluding carboxylic acids is 2. The molecule has 0 spiro atoms. The van der Waals surface area contributed by atoms with E-state index in [0.29, 0.717) is 24.1 Å². The molecule has 0 unspecified atom stereocenters. The Bertz CT molecular complexity index is 740. The summed E-state index contributed by atoms with van der Waals surface area (Å²) < 4.78 is 15.4. The van der Waals surface area contributed by atoms with E-state index in [-0.39, 0.29) is 13.2 Å². The van der Waals surface area contributed by atoms with Crippen LogP contribution in [0.2, 0.25) is 0 Å². The number of aliphatic hydroxyl groups is 2. The van der Waals surface area contributed by atoms with Crippen molar-refractivity contribution in [2.24, 2.45) is 0 Å². The lowest BCUT2D eigenvalue weighted by Crippen LogP contribution is -2.63.